The van der Waals surface area contributed by atoms with Gasteiger partial charge in [-0.1, -0.05) is 11.8 Å². The van der Waals surface area contributed by atoms with Gasteiger partial charge in [-0.05, 0) is 10.4 Å². The van der Waals surface area contributed by atoms with E-state index < -0.39 is 73.7 Å². The van der Waals surface area contributed by atoms with Crippen molar-refractivity contribution in [2.24, 2.45) is 10.6 Å². The topological polar surface area (TPSA) is 205 Å². The van der Waals surface area contributed by atoms with Crippen LogP contribution in [0.4, 0.5) is 13.2 Å². The maximum atomic E-state index is 12.8. The maximum absolute atomic E-state index is 12.8. The summed E-state index contributed by atoms with van der Waals surface area (Å²) < 4.78 is 74.3. The van der Waals surface area contributed by atoms with Crippen molar-refractivity contribution in [3.05, 3.63) is 0 Å². The van der Waals surface area contributed by atoms with E-state index in [2.05, 4.69) is 15.5 Å². The Kier molecular flexibility index (Phi) is 8.40. The van der Waals surface area contributed by atoms with Crippen LogP contribution in [-0.2, 0) is 42.3 Å². The number of amides is 2. The normalized spacial score (nSPS) is 25.2. The number of nitrogens with zero attached hydrogens (tertiary/aromatic N) is 6. The molecule has 14 nitrogen and oxygen atoms in total. The fourth-order valence-electron chi connectivity index (χ4n) is 3.50. The number of thioether (sulfide) groups is 2. The highest BCUT2D eigenvalue weighted by Gasteiger charge is 2.62. The lowest BCUT2D eigenvalue weighted by molar-refractivity contribution is -0.161. The van der Waals surface area contributed by atoms with Gasteiger partial charge in [-0.15, -0.1) is 21.2 Å². The Bertz CT molecular complexity index is 1140. The van der Waals surface area contributed by atoms with Crippen LogP contribution in [0.15, 0.2) is 5.16 Å². The molecule has 0 radical (unpaired) electrons. The Morgan fingerprint density at radius 1 is 1.44 bits per heavy atom. The van der Waals surface area contributed by atoms with Gasteiger partial charge in [0.15, 0.2) is 6.04 Å². The highest BCUT2D eigenvalue weighted by Crippen LogP contribution is 2.46. The molecular formula is C15H20F3N7O7S4. The van der Waals surface area contributed by atoms with Gasteiger partial charge < -0.3 is 14.6 Å². The first-order valence-corrected chi connectivity index (χ1v) is 14.9. The van der Waals surface area contributed by atoms with Crippen LogP contribution in [0.25, 0.3) is 0 Å². The van der Waals surface area contributed by atoms with Crippen LogP contribution < -0.4 is 5.14 Å². The van der Waals surface area contributed by atoms with Crippen LogP contribution in [0.2, 0.25) is 0 Å². The molecule has 0 spiro atoms. The molecule has 0 saturated carbocycles. The molecule has 2 aliphatic heterocycles. The molecule has 0 aliphatic carbocycles. The second kappa shape index (κ2) is 10.5. The van der Waals surface area contributed by atoms with Crippen LogP contribution in [0.5, 0.6) is 0 Å². The Labute approximate surface area is 213 Å². The summed E-state index contributed by atoms with van der Waals surface area (Å²) in [4.78, 5) is 38.1. The third kappa shape index (κ3) is 6.36. The Morgan fingerprint density at radius 3 is 2.67 bits per heavy atom. The fraction of sp³-hybridized carbons (Fsp3) is 0.733. The monoisotopic (exact) mass is 595 g/mol. The lowest BCUT2D eigenvalue weighted by atomic mass is 9.89. The fourth-order valence-corrected chi connectivity index (χ4v) is 7.97. The molecule has 2 amide bonds. The first-order chi connectivity index (χ1) is 16.5. The summed E-state index contributed by atoms with van der Waals surface area (Å²) in [5.41, 5.74) is -1.52. The molecule has 1 aromatic rings. The molecule has 36 heavy (non-hydrogen) atoms. The van der Waals surface area contributed by atoms with E-state index in [1.807, 2.05) is 0 Å². The van der Waals surface area contributed by atoms with Gasteiger partial charge in [-0.25, -0.2) is 18.2 Å². The van der Waals surface area contributed by atoms with Gasteiger partial charge in [0, 0.05) is 25.0 Å². The largest absolute Gasteiger partial charge is 0.593 e. The molecule has 2 aliphatic rings. The highest BCUT2D eigenvalue weighted by molar-refractivity contribution is 8.00. The molecule has 3 unspecified atom stereocenters. The van der Waals surface area contributed by atoms with Crippen molar-refractivity contribution >= 4 is 62.7 Å². The number of carboxylic acids is 1. The lowest BCUT2D eigenvalue weighted by Gasteiger charge is -2.55. The summed E-state index contributed by atoms with van der Waals surface area (Å²) in [7, 11) is -3.80. The summed E-state index contributed by atoms with van der Waals surface area (Å²) in [6.07, 6.45) is -4.83. The van der Waals surface area contributed by atoms with Crippen molar-refractivity contribution in [3.63, 3.8) is 0 Å². The van der Waals surface area contributed by atoms with E-state index in [0.29, 0.717) is 4.31 Å². The number of primary sulfonamides is 1. The number of carboxylic acid groups (broad SMARTS) is 1. The predicted molar refractivity (Wildman–Crippen MR) is 120 cm³/mol. The predicted octanol–water partition coefficient (Wildman–Crippen LogP) is -1.52. The molecule has 1 aromatic heterocycles. The van der Waals surface area contributed by atoms with E-state index in [9.17, 15) is 45.6 Å². The number of aryl methyl sites for hydroxylation is 1. The Hall–Kier alpha value is -1.81. The van der Waals surface area contributed by atoms with Gasteiger partial charge in [0.05, 0.1) is 23.7 Å². The van der Waals surface area contributed by atoms with Gasteiger partial charge in [0.25, 0.3) is 11.8 Å². The van der Waals surface area contributed by atoms with Gasteiger partial charge in [0.1, 0.15) is 10.8 Å². The van der Waals surface area contributed by atoms with E-state index >= 15 is 0 Å². The van der Waals surface area contributed by atoms with Gasteiger partial charge in [0.2, 0.25) is 20.9 Å². The summed E-state index contributed by atoms with van der Waals surface area (Å²) in [6.45, 7) is 0.405. The SMILES string of the molecule is CC(=O)N(C1C(=O)N2CC(CSc3nnnn3CCS(N)(=O)=O)(C(=O)O)CS[C@H]12)[S+]([O-])CC(F)(F)F. The van der Waals surface area contributed by atoms with Crippen molar-refractivity contribution in [2.45, 2.75) is 36.2 Å². The standard InChI is InChI=1S/C15H20F3N7O7S4/c1-8(26)25(35(30)7-15(16,17)18)9-10(27)23-4-14(12(28)29,5-33-11(9)23)6-34-13-20-21-22-24(13)2-3-36(19,31)32/h9,11H,2-7H2,1H3,(H,28,29)(H2,19,31,32)/t9?,11-,14?,35?/m1/s1. The van der Waals surface area contributed by atoms with E-state index in [1.54, 1.807) is 0 Å². The number of fused-ring (bicyclic) bond motifs is 1. The molecule has 3 rings (SSSR count). The van der Waals surface area contributed by atoms with E-state index in [0.717, 1.165) is 40.0 Å². The number of aromatic nitrogens is 4. The van der Waals surface area contributed by atoms with Crippen molar-refractivity contribution in [1.29, 1.82) is 0 Å². The van der Waals surface area contributed by atoms with E-state index in [4.69, 9.17) is 5.14 Å². The number of aliphatic carboxylic acids is 1. The molecule has 2 fully saturated rings. The Morgan fingerprint density at radius 2 is 2.11 bits per heavy atom. The third-order valence-electron chi connectivity index (χ3n) is 5.20. The number of tetrazole rings is 1. The maximum Gasteiger partial charge on any atom is 0.435 e. The summed E-state index contributed by atoms with van der Waals surface area (Å²) in [5, 5.41) is 25.0. The molecule has 202 valence electrons. The van der Waals surface area contributed by atoms with Crippen LogP contribution in [-0.4, -0.2) is 112 Å². The quantitative estimate of drug-likeness (QED) is 0.180. The number of carbonyl (C=O) groups excluding carboxylic acids is 2. The highest BCUT2D eigenvalue weighted by atomic mass is 32.2. The zero-order valence-electron chi connectivity index (χ0n) is 18.3. The second-order valence-corrected chi connectivity index (χ2v) is 13.1. The first-order valence-electron chi connectivity index (χ1n) is 9.85. The molecule has 3 heterocycles. The zero-order valence-corrected chi connectivity index (χ0v) is 21.6. The number of rotatable bonds is 10. The van der Waals surface area contributed by atoms with Crippen molar-refractivity contribution < 1.29 is 45.6 Å². The minimum absolute atomic E-state index is 0.0866. The third-order valence-corrected chi connectivity index (χ3v) is 10.3. The van der Waals surface area contributed by atoms with E-state index in [-0.39, 0.29) is 29.8 Å². The molecule has 4 atom stereocenters. The van der Waals surface area contributed by atoms with Crippen LogP contribution in [0, 0.1) is 5.41 Å². The molecule has 3 N–H and O–H groups in total. The van der Waals surface area contributed by atoms with Crippen molar-refractivity contribution in [1.82, 2.24) is 29.4 Å². The average Bonchev–Trinajstić information content (AvgIpc) is 3.19. The number of nitrogens with two attached hydrogens (primary N) is 1. The van der Waals surface area contributed by atoms with Gasteiger partial charge >= 0.3 is 12.1 Å². The number of sulfonamides is 1. The number of halogens is 3. The molecule has 0 bridgehead atoms. The lowest BCUT2D eigenvalue weighted by Crippen LogP contribution is -2.75. The minimum Gasteiger partial charge on any atom is -0.593 e. The number of β-lactam (4-membered cyclic amide) rings is 1. The number of hydrogen-bond donors (Lipinski definition) is 2. The van der Waals surface area contributed by atoms with Crippen molar-refractivity contribution in [3.8, 4) is 0 Å². The first kappa shape index (κ1) is 28.8. The zero-order chi connectivity index (χ0) is 27.1. The van der Waals surface area contributed by atoms with Crippen LogP contribution >= 0.6 is 23.5 Å². The van der Waals surface area contributed by atoms with Gasteiger partial charge in [-0.2, -0.15) is 13.2 Å². The van der Waals surface area contributed by atoms with Crippen LogP contribution in [0.3, 0.4) is 0 Å². The summed E-state index contributed by atoms with van der Waals surface area (Å²) in [6, 6.07) is -1.42. The number of alkyl halides is 3. The second-order valence-electron chi connectivity index (χ2n) is 7.96. The smallest absolute Gasteiger partial charge is 0.435 e. The Balaban J connectivity index is 1.71. The van der Waals surface area contributed by atoms with E-state index in [1.165, 1.54) is 0 Å². The van der Waals surface area contributed by atoms with Gasteiger partial charge in [-0.3, -0.25) is 14.4 Å². The number of carbonyl (C=O) groups is 3. The average molecular weight is 596 g/mol. The molecule has 2 saturated heterocycles. The number of hydrogen-bond acceptors (Lipinski definition) is 11. The summed E-state index contributed by atoms with van der Waals surface area (Å²) in [5.74, 6) is -5.54. The molecular weight excluding hydrogens is 575 g/mol. The minimum atomic E-state index is -4.83. The molecule has 0 aromatic carbocycles. The van der Waals surface area contributed by atoms with Crippen molar-refractivity contribution in [2.75, 3.05) is 29.6 Å². The molecule has 21 heteroatoms. The van der Waals surface area contributed by atoms with Crippen LogP contribution in [0.1, 0.15) is 6.92 Å². The summed E-state index contributed by atoms with van der Waals surface area (Å²) >= 11 is -0.980.